The van der Waals surface area contributed by atoms with Crippen LogP contribution in [0.15, 0.2) is 36.5 Å². The van der Waals surface area contributed by atoms with Gasteiger partial charge >= 0.3 is 0 Å². The largest absolute Gasteiger partial charge is 0.474 e. The molecule has 0 unspecified atom stereocenters. The van der Waals surface area contributed by atoms with E-state index in [0.717, 1.165) is 11.1 Å². The highest BCUT2D eigenvalue weighted by molar-refractivity contribution is 6.32. The molecule has 0 bridgehead atoms. The predicted octanol–water partition coefficient (Wildman–Crippen LogP) is 2.94. The number of benzene rings is 1. The van der Waals surface area contributed by atoms with Gasteiger partial charge in [0.1, 0.15) is 5.02 Å². The molecule has 2 N–H and O–H groups in total. The summed E-state index contributed by atoms with van der Waals surface area (Å²) in [5, 5.41) is 12.4. The van der Waals surface area contributed by atoms with Gasteiger partial charge in [0.05, 0.1) is 18.3 Å². The number of aliphatic hydroxyl groups excluding tert-OH is 1. The summed E-state index contributed by atoms with van der Waals surface area (Å²) in [6.45, 7) is 3.99. The van der Waals surface area contributed by atoms with E-state index in [-0.39, 0.29) is 18.6 Å². The maximum absolute atomic E-state index is 12.2. The van der Waals surface area contributed by atoms with Crippen molar-refractivity contribution in [3.63, 3.8) is 0 Å². The van der Waals surface area contributed by atoms with Crippen LogP contribution in [0.4, 0.5) is 0 Å². The van der Waals surface area contributed by atoms with Gasteiger partial charge in [-0.1, -0.05) is 35.9 Å². The molecule has 0 fully saturated rings. The lowest BCUT2D eigenvalue weighted by Crippen LogP contribution is -2.23. The highest BCUT2D eigenvalue weighted by Crippen LogP contribution is 2.23. The van der Waals surface area contributed by atoms with Crippen molar-refractivity contribution in [1.29, 1.82) is 0 Å². The number of halogens is 1. The standard InChI is InChI=1S/C17H19ClN2O3/c1-11(2)23-17-15(18)7-14(9-20-17)16(22)19-8-12-5-3-4-6-13(12)10-21/h3-7,9,11,21H,8,10H2,1-2H3,(H,19,22). The third-order valence-corrected chi connectivity index (χ3v) is 3.42. The molecular formula is C17H19ClN2O3. The number of carbonyl (C=O) groups excluding carboxylic acids is 1. The minimum absolute atomic E-state index is 0.0466. The first kappa shape index (κ1) is 17.2. The van der Waals surface area contributed by atoms with E-state index >= 15 is 0 Å². The summed E-state index contributed by atoms with van der Waals surface area (Å²) in [5.74, 6) is 0.0204. The fraction of sp³-hybridized carbons (Fsp3) is 0.294. The first-order valence-electron chi connectivity index (χ1n) is 7.29. The van der Waals surface area contributed by atoms with Gasteiger partial charge in [0.15, 0.2) is 0 Å². The molecule has 0 atom stereocenters. The molecule has 2 rings (SSSR count). The zero-order chi connectivity index (χ0) is 16.8. The van der Waals surface area contributed by atoms with Crippen molar-refractivity contribution >= 4 is 17.5 Å². The van der Waals surface area contributed by atoms with Gasteiger partial charge < -0.3 is 15.2 Å². The van der Waals surface area contributed by atoms with E-state index in [1.807, 2.05) is 38.1 Å². The van der Waals surface area contributed by atoms with Gasteiger partial charge in [-0.25, -0.2) is 4.98 Å². The van der Waals surface area contributed by atoms with E-state index < -0.39 is 0 Å². The fourth-order valence-corrected chi connectivity index (χ4v) is 2.23. The Kier molecular flexibility index (Phi) is 5.96. The van der Waals surface area contributed by atoms with Crippen molar-refractivity contribution < 1.29 is 14.6 Å². The Hall–Kier alpha value is -2.11. The quantitative estimate of drug-likeness (QED) is 0.852. The summed E-state index contributed by atoms with van der Waals surface area (Å²) in [6.07, 6.45) is 1.38. The molecule has 1 aromatic heterocycles. The number of rotatable bonds is 6. The lowest BCUT2D eigenvalue weighted by molar-refractivity contribution is 0.0950. The van der Waals surface area contributed by atoms with Crippen molar-refractivity contribution in [3.8, 4) is 5.88 Å². The number of ether oxygens (including phenoxy) is 1. The van der Waals surface area contributed by atoms with Gasteiger partial charge in [-0.2, -0.15) is 0 Å². The molecule has 0 spiro atoms. The van der Waals surface area contributed by atoms with Gasteiger partial charge in [-0.15, -0.1) is 0 Å². The van der Waals surface area contributed by atoms with Crippen LogP contribution in [0, 0.1) is 0 Å². The van der Waals surface area contributed by atoms with Crippen LogP contribution in [0.2, 0.25) is 5.02 Å². The zero-order valence-corrected chi connectivity index (χ0v) is 13.8. The fourth-order valence-electron chi connectivity index (χ4n) is 2.02. The number of nitrogens with zero attached hydrogens (tertiary/aromatic N) is 1. The molecule has 122 valence electrons. The number of hydrogen-bond donors (Lipinski definition) is 2. The highest BCUT2D eigenvalue weighted by Gasteiger charge is 2.12. The Morgan fingerprint density at radius 2 is 2.04 bits per heavy atom. The first-order chi connectivity index (χ1) is 11.0. The van der Waals surface area contributed by atoms with Gasteiger partial charge in [0.2, 0.25) is 5.88 Å². The van der Waals surface area contributed by atoms with Crippen molar-refractivity contribution in [2.45, 2.75) is 33.1 Å². The van der Waals surface area contributed by atoms with E-state index in [1.165, 1.54) is 12.3 Å². The van der Waals surface area contributed by atoms with Gasteiger partial charge in [0.25, 0.3) is 5.91 Å². The molecule has 1 amide bonds. The van der Waals surface area contributed by atoms with Gasteiger partial charge in [0, 0.05) is 12.7 Å². The molecule has 0 aliphatic rings. The van der Waals surface area contributed by atoms with Gasteiger partial charge in [-0.3, -0.25) is 4.79 Å². The second-order valence-corrected chi connectivity index (χ2v) is 5.69. The first-order valence-corrected chi connectivity index (χ1v) is 7.67. The molecule has 0 saturated heterocycles. The Bertz CT molecular complexity index is 689. The number of aromatic nitrogens is 1. The monoisotopic (exact) mass is 334 g/mol. The van der Waals surface area contributed by atoms with Crippen LogP contribution in [0.25, 0.3) is 0 Å². The van der Waals surface area contributed by atoms with Crippen LogP contribution in [0.5, 0.6) is 5.88 Å². The molecule has 1 heterocycles. The number of pyridine rings is 1. The van der Waals surface area contributed by atoms with Crippen LogP contribution in [0.3, 0.4) is 0 Å². The summed E-state index contributed by atoms with van der Waals surface area (Å²) in [7, 11) is 0. The van der Waals surface area contributed by atoms with E-state index in [2.05, 4.69) is 10.3 Å². The summed E-state index contributed by atoms with van der Waals surface area (Å²) in [5.41, 5.74) is 2.00. The van der Waals surface area contributed by atoms with Crippen molar-refractivity contribution in [3.05, 3.63) is 58.2 Å². The minimum Gasteiger partial charge on any atom is -0.474 e. The molecule has 0 saturated carbocycles. The van der Waals surface area contributed by atoms with Crippen LogP contribution in [-0.2, 0) is 13.2 Å². The zero-order valence-electron chi connectivity index (χ0n) is 13.0. The Balaban J connectivity index is 2.05. The van der Waals surface area contributed by atoms with Crippen molar-refractivity contribution in [1.82, 2.24) is 10.3 Å². The maximum Gasteiger partial charge on any atom is 0.253 e. The predicted molar refractivity (Wildman–Crippen MR) is 88.5 cm³/mol. The second-order valence-electron chi connectivity index (χ2n) is 5.29. The van der Waals surface area contributed by atoms with Crippen LogP contribution >= 0.6 is 11.6 Å². The van der Waals surface area contributed by atoms with E-state index in [9.17, 15) is 9.90 Å². The van der Waals surface area contributed by atoms with Crippen molar-refractivity contribution in [2.24, 2.45) is 0 Å². The van der Waals surface area contributed by atoms with Crippen LogP contribution in [0.1, 0.15) is 35.3 Å². The number of nitrogens with one attached hydrogen (secondary N) is 1. The molecule has 23 heavy (non-hydrogen) atoms. The third kappa shape index (κ3) is 4.68. The average molecular weight is 335 g/mol. The number of aliphatic hydroxyl groups is 1. The molecule has 2 aromatic rings. The molecule has 1 aromatic carbocycles. The van der Waals surface area contributed by atoms with Crippen LogP contribution < -0.4 is 10.1 Å². The minimum atomic E-state index is -0.289. The summed E-state index contributed by atoms with van der Waals surface area (Å²) >= 11 is 6.08. The lowest BCUT2D eigenvalue weighted by atomic mass is 10.1. The van der Waals surface area contributed by atoms with E-state index in [0.29, 0.717) is 23.0 Å². The van der Waals surface area contributed by atoms with Crippen molar-refractivity contribution in [2.75, 3.05) is 0 Å². The SMILES string of the molecule is CC(C)Oc1ncc(C(=O)NCc2ccccc2CO)cc1Cl. The summed E-state index contributed by atoms with van der Waals surface area (Å²) in [4.78, 5) is 16.3. The Morgan fingerprint density at radius 3 is 2.65 bits per heavy atom. The maximum atomic E-state index is 12.2. The molecule has 0 aliphatic carbocycles. The number of carbonyl (C=O) groups is 1. The second kappa shape index (κ2) is 7.94. The molecule has 0 aliphatic heterocycles. The topological polar surface area (TPSA) is 71.5 Å². The number of amides is 1. The summed E-state index contributed by atoms with van der Waals surface area (Å²) < 4.78 is 5.44. The van der Waals surface area contributed by atoms with E-state index in [1.54, 1.807) is 0 Å². The average Bonchev–Trinajstić information content (AvgIpc) is 2.54. The molecular weight excluding hydrogens is 316 g/mol. The normalized spacial score (nSPS) is 10.7. The van der Waals surface area contributed by atoms with E-state index in [4.69, 9.17) is 16.3 Å². The Morgan fingerprint density at radius 1 is 1.35 bits per heavy atom. The Labute approximate surface area is 140 Å². The number of hydrogen-bond acceptors (Lipinski definition) is 4. The third-order valence-electron chi connectivity index (χ3n) is 3.15. The lowest BCUT2D eigenvalue weighted by Gasteiger charge is -2.12. The highest BCUT2D eigenvalue weighted by atomic mass is 35.5. The smallest absolute Gasteiger partial charge is 0.253 e. The molecule has 5 nitrogen and oxygen atoms in total. The summed E-state index contributed by atoms with van der Waals surface area (Å²) in [6, 6.07) is 8.90. The van der Waals surface area contributed by atoms with Crippen LogP contribution in [-0.4, -0.2) is 22.1 Å². The van der Waals surface area contributed by atoms with Gasteiger partial charge in [-0.05, 0) is 31.0 Å². The molecule has 6 heteroatoms. The molecule has 0 radical (unpaired) electrons.